The summed E-state index contributed by atoms with van der Waals surface area (Å²) in [5.74, 6) is 0.977. The van der Waals surface area contributed by atoms with E-state index in [-0.39, 0.29) is 17.9 Å². The van der Waals surface area contributed by atoms with Gasteiger partial charge in [-0.2, -0.15) is 0 Å². The van der Waals surface area contributed by atoms with E-state index in [4.69, 9.17) is 27.9 Å². The van der Waals surface area contributed by atoms with Gasteiger partial charge in [0.1, 0.15) is 5.75 Å². The van der Waals surface area contributed by atoms with E-state index < -0.39 is 0 Å². The SMILES string of the molecule is COc1ccc([C@@H](C)NC(=O)C2CCN(Cc3c(Cl)cccc3Cl)CC2)cc1. The number of benzene rings is 2. The Morgan fingerprint density at radius 2 is 1.75 bits per heavy atom. The Morgan fingerprint density at radius 1 is 1.14 bits per heavy atom. The molecule has 3 rings (SSSR count). The first-order valence-electron chi connectivity index (χ1n) is 9.57. The Balaban J connectivity index is 1.50. The lowest BCUT2D eigenvalue weighted by atomic mass is 9.95. The molecule has 0 radical (unpaired) electrons. The van der Waals surface area contributed by atoms with Crippen LogP contribution in [0.25, 0.3) is 0 Å². The molecule has 0 saturated carbocycles. The molecule has 0 bridgehead atoms. The summed E-state index contributed by atoms with van der Waals surface area (Å²) in [6, 6.07) is 13.4. The van der Waals surface area contributed by atoms with Gasteiger partial charge in [0, 0.05) is 28.1 Å². The molecule has 1 aliphatic rings. The van der Waals surface area contributed by atoms with Crippen molar-refractivity contribution in [3.8, 4) is 5.75 Å². The van der Waals surface area contributed by atoms with Gasteiger partial charge in [-0.05, 0) is 62.7 Å². The molecule has 1 amide bonds. The van der Waals surface area contributed by atoms with Crippen molar-refractivity contribution in [3.05, 3.63) is 63.6 Å². The Bertz CT molecular complexity index is 782. The van der Waals surface area contributed by atoms with Crippen LogP contribution in [0, 0.1) is 5.92 Å². The number of ether oxygens (including phenoxy) is 1. The molecule has 0 spiro atoms. The van der Waals surface area contributed by atoms with Gasteiger partial charge in [0.25, 0.3) is 0 Å². The van der Waals surface area contributed by atoms with Crippen LogP contribution in [0.1, 0.15) is 36.9 Å². The van der Waals surface area contributed by atoms with E-state index in [0.29, 0.717) is 10.0 Å². The van der Waals surface area contributed by atoms with Crippen molar-refractivity contribution >= 4 is 29.1 Å². The molecule has 2 aromatic carbocycles. The second-order valence-electron chi connectivity index (χ2n) is 7.25. The van der Waals surface area contributed by atoms with Crippen LogP contribution in [0.5, 0.6) is 5.75 Å². The van der Waals surface area contributed by atoms with Crippen molar-refractivity contribution in [3.63, 3.8) is 0 Å². The summed E-state index contributed by atoms with van der Waals surface area (Å²) in [5.41, 5.74) is 2.03. The third-order valence-electron chi connectivity index (χ3n) is 5.38. The first-order chi connectivity index (χ1) is 13.5. The number of carbonyl (C=O) groups is 1. The average Bonchev–Trinajstić information content (AvgIpc) is 2.71. The number of amides is 1. The van der Waals surface area contributed by atoms with Crippen molar-refractivity contribution in [2.24, 2.45) is 5.92 Å². The normalized spacial score (nSPS) is 16.6. The third kappa shape index (κ3) is 5.19. The Hall–Kier alpha value is -1.75. The molecule has 1 fully saturated rings. The minimum absolute atomic E-state index is 0.0293. The standard InChI is InChI=1S/C22H26Cl2N2O2/c1-15(16-6-8-18(28-2)9-7-16)25-22(27)17-10-12-26(13-11-17)14-19-20(23)4-3-5-21(19)24/h3-9,15,17H,10-14H2,1-2H3,(H,25,27)/t15-/m1/s1. The Kier molecular flexibility index (Phi) is 7.22. The van der Waals surface area contributed by atoms with Gasteiger partial charge in [-0.3, -0.25) is 9.69 Å². The summed E-state index contributed by atoms with van der Waals surface area (Å²) >= 11 is 12.6. The van der Waals surface area contributed by atoms with E-state index in [1.165, 1.54) is 0 Å². The molecule has 1 saturated heterocycles. The van der Waals surface area contributed by atoms with Crippen LogP contribution < -0.4 is 10.1 Å². The number of hydrogen-bond acceptors (Lipinski definition) is 3. The second-order valence-corrected chi connectivity index (χ2v) is 8.07. The molecular formula is C22H26Cl2N2O2. The van der Waals surface area contributed by atoms with Crippen LogP contribution in [0.3, 0.4) is 0 Å². The quantitative estimate of drug-likeness (QED) is 0.707. The van der Waals surface area contributed by atoms with Gasteiger partial charge in [-0.1, -0.05) is 41.4 Å². The maximum atomic E-state index is 12.7. The lowest BCUT2D eigenvalue weighted by Gasteiger charge is -2.32. The zero-order valence-corrected chi connectivity index (χ0v) is 17.8. The molecular weight excluding hydrogens is 395 g/mol. The average molecular weight is 421 g/mol. The van der Waals surface area contributed by atoms with Crippen LogP contribution >= 0.6 is 23.2 Å². The second kappa shape index (κ2) is 9.64. The van der Waals surface area contributed by atoms with E-state index in [0.717, 1.165) is 49.4 Å². The number of carbonyl (C=O) groups excluding carboxylic acids is 1. The van der Waals surface area contributed by atoms with Crippen molar-refractivity contribution in [1.82, 2.24) is 10.2 Å². The first-order valence-corrected chi connectivity index (χ1v) is 10.3. The van der Waals surface area contributed by atoms with Crippen LogP contribution in [-0.4, -0.2) is 31.0 Å². The Labute approximate surface area is 176 Å². The van der Waals surface area contributed by atoms with Crippen molar-refractivity contribution in [2.75, 3.05) is 20.2 Å². The lowest BCUT2D eigenvalue weighted by Crippen LogP contribution is -2.41. The minimum Gasteiger partial charge on any atom is -0.497 e. The van der Waals surface area contributed by atoms with Gasteiger partial charge in [0.2, 0.25) is 5.91 Å². The molecule has 1 aliphatic heterocycles. The highest BCUT2D eigenvalue weighted by Gasteiger charge is 2.26. The molecule has 0 aliphatic carbocycles. The maximum absolute atomic E-state index is 12.7. The van der Waals surface area contributed by atoms with Gasteiger partial charge < -0.3 is 10.1 Å². The Morgan fingerprint density at radius 3 is 2.32 bits per heavy atom. The summed E-state index contributed by atoms with van der Waals surface area (Å²) in [6.45, 7) is 4.44. The number of nitrogens with zero attached hydrogens (tertiary/aromatic N) is 1. The molecule has 2 aromatic rings. The predicted octanol–water partition coefficient (Wildman–Crippen LogP) is 5.09. The fourth-order valence-electron chi connectivity index (χ4n) is 3.57. The number of hydrogen-bond donors (Lipinski definition) is 1. The lowest BCUT2D eigenvalue weighted by molar-refractivity contribution is -0.127. The molecule has 1 heterocycles. The number of likely N-dealkylation sites (tertiary alicyclic amines) is 1. The smallest absolute Gasteiger partial charge is 0.223 e. The topological polar surface area (TPSA) is 41.6 Å². The van der Waals surface area contributed by atoms with Gasteiger partial charge in [0.15, 0.2) is 0 Å². The molecule has 150 valence electrons. The number of rotatable bonds is 6. The molecule has 6 heteroatoms. The molecule has 0 aromatic heterocycles. The molecule has 1 N–H and O–H groups in total. The number of piperidine rings is 1. The highest BCUT2D eigenvalue weighted by Crippen LogP contribution is 2.28. The number of nitrogens with one attached hydrogen (secondary N) is 1. The molecule has 28 heavy (non-hydrogen) atoms. The zero-order valence-electron chi connectivity index (χ0n) is 16.3. The predicted molar refractivity (Wildman–Crippen MR) is 114 cm³/mol. The van der Waals surface area contributed by atoms with E-state index in [9.17, 15) is 4.79 Å². The maximum Gasteiger partial charge on any atom is 0.223 e. The van der Waals surface area contributed by atoms with E-state index in [1.807, 2.05) is 49.4 Å². The summed E-state index contributed by atoms with van der Waals surface area (Å²) in [4.78, 5) is 15.0. The van der Waals surface area contributed by atoms with Gasteiger partial charge in [-0.25, -0.2) is 0 Å². The van der Waals surface area contributed by atoms with E-state index >= 15 is 0 Å². The minimum atomic E-state index is -0.0293. The van der Waals surface area contributed by atoms with Gasteiger partial charge >= 0.3 is 0 Å². The van der Waals surface area contributed by atoms with Gasteiger partial charge in [0.05, 0.1) is 13.2 Å². The molecule has 4 nitrogen and oxygen atoms in total. The number of methoxy groups -OCH3 is 1. The van der Waals surface area contributed by atoms with Crippen molar-refractivity contribution in [1.29, 1.82) is 0 Å². The summed E-state index contributed by atoms with van der Waals surface area (Å²) < 4.78 is 5.18. The molecule has 0 unspecified atom stereocenters. The first kappa shape index (κ1) is 21.0. The highest BCUT2D eigenvalue weighted by molar-refractivity contribution is 6.35. The van der Waals surface area contributed by atoms with Crippen LogP contribution in [0.4, 0.5) is 0 Å². The monoisotopic (exact) mass is 420 g/mol. The fourth-order valence-corrected chi connectivity index (χ4v) is 4.08. The van der Waals surface area contributed by atoms with Gasteiger partial charge in [-0.15, -0.1) is 0 Å². The largest absolute Gasteiger partial charge is 0.497 e. The summed E-state index contributed by atoms with van der Waals surface area (Å²) in [7, 11) is 1.65. The molecule has 1 atom stereocenters. The van der Waals surface area contributed by atoms with E-state index in [2.05, 4.69) is 10.2 Å². The van der Waals surface area contributed by atoms with Crippen LogP contribution in [-0.2, 0) is 11.3 Å². The van der Waals surface area contributed by atoms with Crippen molar-refractivity contribution in [2.45, 2.75) is 32.4 Å². The third-order valence-corrected chi connectivity index (χ3v) is 6.08. The summed E-state index contributed by atoms with van der Waals surface area (Å²) in [6.07, 6.45) is 1.67. The fraction of sp³-hybridized carbons (Fsp3) is 0.409. The summed E-state index contributed by atoms with van der Waals surface area (Å²) in [5, 5.41) is 4.54. The van der Waals surface area contributed by atoms with Crippen molar-refractivity contribution < 1.29 is 9.53 Å². The van der Waals surface area contributed by atoms with E-state index in [1.54, 1.807) is 7.11 Å². The highest BCUT2D eigenvalue weighted by atomic mass is 35.5. The zero-order chi connectivity index (χ0) is 20.1. The van der Waals surface area contributed by atoms with Crippen LogP contribution in [0.2, 0.25) is 10.0 Å². The number of halogens is 2. The van der Waals surface area contributed by atoms with Crippen LogP contribution in [0.15, 0.2) is 42.5 Å².